The molecule has 0 aromatic heterocycles. The normalized spacial score (nSPS) is 10.5. The fourth-order valence-electron chi connectivity index (χ4n) is 1.60. The quantitative estimate of drug-likeness (QED) is 0.851. The maximum Gasteiger partial charge on any atom is 0.178 e. The van der Waals surface area contributed by atoms with Crippen molar-refractivity contribution in [1.29, 1.82) is 0 Å². The highest BCUT2D eigenvalue weighted by Gasteiger charge is 2.11. The monoisotopic (exact) mass is 227 g/mol. The van der Waals surface area contributed by atoms with Crippen molar-refractivity contribution < 1.29 is 9.84 Å². The molecule has 0 fully saturated rings. The van der Waals surface area contributed by atoms with Crippen molar-refractivity contribution in [2.45, 2.75) is 6.42 Å². The van der Waals surface area contributed by atoms with Gasteiger partial charge in [-0.25, -0.2) is 0 Å². The van der Waals surface area contributed by atoms with E-state index < -0.39 is 0 Å². The van der Waals surface area contributed by atoms with E-state index in [1.807, 2.05) is 60.7 Å². The van der Waals surface area contributed by atoms with Gasteiger partial charge in [-0.2, -0.15) is 0 Å². The molecule has 2 heteroatoms. The average Bonchev–Trinajstić information content (AvgIpc) is 2.40. The van der Waals surface area contributed by atoms with Crippen LogP contribution >= 0.6 is 0 Å². The Morgan fingerprint density at radius 3 is 2.06 bits per heavy atom. The highest BCUT2D eigenvalue weighted by Crippen LogP contribution is 2.17. The molecule has 0 aliphatic heterocycles. The van der Waals surface area contributed by atoms with Gasteiger partial charge in [0.25, 0.3) is 0 Å². The molecule has 17 heavy (non-hydrogen) atoms. The van der Waals surface area contributed by atoms with Crippen LogP contribution in [0.25, 0.3) is 0 Å². The lowest BCUT2D eigenvalue weighted by molar-refractivity contribution is 0.198. The zero-order chi connectivity index (χ0) is 11.9. The smallest absolute Gasteiger partial charge is 0.178 e. The van der Waals surface area contributed by atoms with Crippen LogP contribution in [0.5, 0.6) is 5.75 Å². The van der Waals surface area contributed by atoms with Crippen LogP contribution in [0.15, 0.2) is 60.7 Å². The summed E-state index contributed by atoms with van der Waals surface area (Å²) in [7, 11) is 0. The van der Waals surface area contributed by atoms with E-state index in [2.05, 4.69) is 0 Å². The number of hydrogen-bond acceptors (Lipinski definition) is 2. The molecule has 2 aromatic rings. The van der Waals surface area contributed by atoms with Gasteiger partial charge in [-0.15, -0.1) is 0 Å². The van der Waals surface area contributed by atoms with Crippen molar-refractivity contribution in [3.05, 3.63) is 72.3 Å². The van der Waals surface area contributed by atoms with E-state index >= 15 is 0 Å². The Hall–Kier alpha value is -1.80. The van der Waals surface area contributed by atoms with Gasteiger partial charge in [-0.1, -0.05) is 48.5 Å². The molecule has 87 valence electrons. The van der Waals surface area contributed by atoms with E-state index in [-0.39, 0.29) is 6.61 Å². The first-order valence-corrected chi connectivity index (χ1v) is 5.61. The summed E-state index contributed by atoms with van der Waals surface area (Å²) in [6.45, 7) is -0.0657. The third-order valence-electron chi connectivity index (χ3n) is 2.43. The van der Waals surface area contributed by atoms with Crippen LogP contribution in [-0.2, 0) is 6.42 Å². The SMILES string of the molecule is OC[C](Cc1ccccc1)Oc1ccccc1. The van der Waals surface area contributed by atoms with Crippen LogP contribution in [0.2, 0.25) is 0 Å². The first kappa shape index (κ1) is 11.7. The molecule has 0 atom stereocenters. The Morgan fingerprint density at radius 1 is 0.882 bits per heavy atom. The zero-order valence-corrected chi connectivity index (χ0v) is 9.54. The molecule has 0 amide bonds. The van der Waals surface area contributed by atoms with Crippen LogP contribution in [0.3, 0.4) is 0 Å². The Kier molecular flexibility index (Phi) is 4.17. The predicted molar refractivity (Wildman–Crippen MR) is 67.5 cm³/mol. The first-order valence-electron chi connectivity index (χ1n) is 5.61. The van der Waals surface area contributed by atoms with Crippen molar-refractivity contribution in [2.24, 2.45) is 0 Å². The summed E-state index contributed by atoms with van der Waals surface area (Å²) in [6, 6.07) is 19.5. The van der Waals surface area contributed by atoms with Crippen molar-refractivity contribution >= 4 is 0 Å². The molecule has 2 rings (SSSR count). The molecular weight excluding hydrogens is 212 g/mol. The Morgan fingerprint density at radius 2 is 1.47 bits per heavy atom. The van der Waals surface area contributed by atoms with Gasteiger partial charge in [-0.3, -0.25) is 0 Å². The molecule has 0 bridgehead atoms. The lowest BCUT2D eigenvalue weighted by Gasteiger charge is -2.15. The van der Waals surface area contributed by atoms with Gasteiger partial charge >= 0.3 is 0 Å². The minimum atomic E-state index is -0.0657. The molecule has 0 spiro atoms. The van der Waals surface area contributed by atoms with Crippen LogP contribution in [-0.4, -0.2) is 11.7 Å². The van der Waals surface area contributed by atoms with Gasteiger partial charge in [-0.05, 0) is 17.7 Å². The van der Waals surface area contributed by atoms with Crippen molar-refractivity contribution in [2.75, 3.05) is 6.61 Å². The molecule has 1 N–H and O–H groups in total. The minimum absolute atomic E-state index is 0.0657. The van der Waals surface area contributed by atoms with Crippen LogP contribution in [0.4, 0.5) is 0 Å². The summed E-state index contributed by atoms with van der Waals surface area (Å²) in [5.41, 5.74) is 1.13. The van der Waals surface area contributed by atoms with E-state index in [4.69, 9.17) is 4.74 Å². The van der Waals surface area contributed by atoms with Gasteiger partial charge in [0.15, 0.2) is 6.10 Å². The summed E-state index contributed by atoms with van der Waals surface area (Å²) in [5, 5.41) is 9.29. The number of rotatable bonds is 5. The third-order valence-corrected chi connectivity index (χ3v) is 2.43. The molecule has 0 saturated carbocycles. The van der Waals surface area contributed by atoms with Crippen LogP contribution in [0, 0.1) is 6.10 Å². The number of para-hydroxylation sites is 1. The highest BCUT2D eigenvalue weighted by atomic mass is 16.5. The Bertz CT molecular complexity index is 384. The average molecular weight is 227 g/mol. The standard InChI is InChI=1S/C15H15O2/c16-12-15(11-13-7-3-1-4-8-13)17-14-9-5-2-6-10-14/h1-10,16H,11-12H2. The molecule has 2 nitrogen and oxygen atoms in total. The number of hydrogen-bond donors (Lipinski definition) is 1. The molecule has 0 unspecified atom stereocenters. The second-order valence-electron chi connectivity index (χ2n) is 3.77. The second kappa shape index (κ2) is 6.06. The molecule has 0 heterocycles. The van der Waals surface area contributed by atoms with Crippen LogP contribution in [0.1, 0.15) is 5.56 Å². The maximum atomic E-state index is 9.29. The third kappa shape index (κ3) is 3.61. The van der Waals surface area contributed by atoms with Gasteiger partial charge < -0.3 is 9.84 Å². The first-order chi connectivity index (χ1) is 8.38. The summed E-state index contributed by atoms with van der Waals surface area (Å²) in [5.74, 6) is 0.757. The van der Waals surface area contributed by atoms with E-state index in [0.717, 1.165) is 11.3 Å². The Labute approximate surface area is 101 Å². The van der Waals surface area contributed by atoms with Gasteiger partial charge in [0.05, 0.1) is 6.61 Å². The van der Waals surface area contributed by atoms with Gasteiger partial charge in [0.2, 0.25) is 0 Å². The predicted octanol–water partition coefficient (Wildman–Crippen LogP) is 2.83. The largest absolute Gasteiger partial charge is 0.480 e. The molecule has 0 saturated heterocycles. The summed E-state index contributed by atoms with van der Waals surface area (Å²) >= 11 is 0. The van der Waals surface area contributed by atoms with Crippen LogP contribution < -0.4 is 4.74 Å². The Balaban J connectivity index is 1.98. The fourth-order valence-corrected chi connectivity index (χ4v) is 1.60. The molecule has 0 aliphatic rings. The lowest BCUT2D eigenvalue weighted by atomic mass is 10.1. The highest BCUT2D eigenvalue weighted by molar-refractivity contribution is 5.24. The molecule has 0 aliphatic carbocycles. The fraction of sp³-hybridized carbons (Fsp3) is 0.133. The van der Waals surface area contributed by atoms with Crippen molar-refractivity contribution in [3.8, 4) is 5.75 Å². The summed E-state index contributed by atoms with van der Waals surface area (Å²) < 4.78 is 5.63. The van der Waals surface area contributed by atoms with Gasteiger partial charge in [0, 0.05) is 6.42 Å². The molecular formula is C15H15O2. The van der Waals surface area contributed by atoms with Crippen molar-refractivity contribution in [3.63, 3.8) is 0 Å². The van der Waals surface area contributed by atoms with E-state index in [1.54, 1.807) is 0 Å². The second-order valence-corrected chi connectivity index (χ2v) is 3.77. The molecule has 1 radical (unpaired) electrons. The summed E-state index contributed by atoms with van der Waals surface area (Å²) in [6.07, 6.45) is 1.29. The zero-order valence-electron chi connectivity index (χ0n) is 9.54. The number of aliphatic hydroxyl groups excluding tert-OH is 1. The lowest BCUT2D eigenvalue weighted by Crippen LogP contribution is -2.14. The van der Waals surface area contributed by atoms with Gasteiger partial charge in [0.1, 0.15) is 5.75 Å². The topological polar surface area (TPSA) is 29.5 Å². The molecule has 2 aromatic carbocycles. The number of aliphatic hydroxyl groups is 1. The number of ether oxygens (including phenoxy) is 1. The maximum absolute atomic E-state index is 9.29. The van der Waals surface area contributed by atoms with E-state index in [1.165, 1.54) is 0 Å². The summed E-state index contributed by atoms with van der Waals surface area (Å²) in [4.78, 5) is 0. The number of benzene rings is 2. The minimum Gasteiger partial charge on any atom is -0.480 e. The van der Waals surface area contributed by atoms with E-state index in [0.29, 0.717) is 12.5 Å². The van der Waals surface area contributed by atoms with E-state index in [9.17, 15) is 5.11 Å². The van der Waals surface area contributed by atoms with Crippen molar-refractivity contribution in [1.82, 2.24) is 0 Å².